The summed E-state index contributed by atoms with van der Waals surface area (Å²) in [6.07, 6.45) is 0. The quantitative estimate of drug-likeness (QED) is 0.939. The zero-order valence-corrected chi connectivity index (χ0v) is 10.9. The van der Waals surface area contributed by atoms with Crippen LogP contribution in [0, 0.1) is 0 Å². The van der Waals surface area contributed by atoms with Crippen LogP contribution in [0.5, 0.6) is 5.75 Å². The molecule has 88 valence electrons. The van der Waals surface area contributed by atoms with Crippen LogP contribution in [-0.2, 0) is 6.61 Å². The van der Waals surface area contributed by atoms with Crippen LogP contribution < -0.4 is 4.74 Å². The lowest BCUT2D eigenvalue weighted by molar-refractivity contribution is 0.0699. The Balaban J connectivity index is 2.05. The van der Waals surface area contributed by atoms with Crippen LogP contribution in [0.2, 0.25) is 0 Å². The predicted molar refractivity (Wildman–Crippen MR) is 65.3 cm³/mol. The first-order chi connectivity index (χ1) is 8.16. The van der Waals surface area contributed by atoms with Gasteiger partial charge in [0.2, 0.25) is 0 Å². The van der Waals surface area contributed by atoms with E-state index in [1.807, 2.05) is 12.1 Å². The van der Waals surface area contributed by atoms with Crippen molar-refractivity contribution in [3.8, 4) is 5.75 Å². The lowest BCUT2D eigenvalue weighted by Crippen LogP contribution is -2.03. The molecule has 0 radical (unpaired) electrons. The minimum absolute atomic E-state index is 0.0970. The number of ether oxygens (including phenoxy) is 1. The van der Waals surface area contributed by atoms with Gasteiger partial charge in [-0.05, 0) is 35.8 Å². The number of aromatic carboxylic acids is 1. The van der Waals surface area contributed by atoms with Crippen molar-refractivity contribution >= 4 is 33.4 Å². The minimum Gasteiger partial charge on any atom is -0.487 e. The summed E-state index contributed by atoms with van der Waals surface area (Å²) in [5.74, 6) is -0.382. The van der Waals surface area contributed by atoms with Gasteiger partial charge in [0.1, 0.15) is 18.1 Å². The van der Waals surface area contributed by atoms with Gasteiger partial charge in [-0.3, -0.25) is 0 Å². The number of aromatic nitrogens is 2. The molecular formula is C10H7BrN2O3S. The Bertz CT molecular complexity index is 527. The summed E-state index contributed by atoms with van der Waals surface area (Å²) in [6, 6.07) is 7.24. The molecule has 0 atom stereocenters. The topological polar surface area (TPSA) is 72.3 Å². The minimum atomic E-state index is -1.03. The summed E-state index contributed by atoms with van der Waals surface area (Å²) >= 11 is 4.16. The third-order valence-electron chi connectivity index (χ3n) is 1.94. The molecule has 2 aromatic rings. The average Bonchev–Trinajstić information content (AvgIpc) is 2.76. The molecule has 0 spiro atoms. The Morgan fingerprint density at radius 2 is 2.12 bits per heavy atom. The van der Waals surface area contributed by atoms with Gasteiger partial charge < -0.3 is 9.84 Å². The maximum absolute atomic E-state index is 10.8. The Labute approximate surface area is 109 Å². The maximum atomic E-state index is 10.8. The second kappa shape index (κ2) is 5.24. The number of hydrogen-bond acceptors (Lipinski definition) is 5. The molecule has 0 unspecified atom stereocenters. The van der Waals surface area contributed by atoms with Crippen LogP contribution in [0.4, 0.5) is 0 Å². The molecule has 0 saturated heterocycles. The lowest BCUT2D eigenvalue weighted by atomic mass is 10.3. The number of halogens is 1. The van der Waals surface area contributed by atoms with Gasteiger partial charge in [-0.15, -0.1) is 5.10 Å². The number of nitrogens with zero attached hydrogens (tertiary/aromatic N) is 2. The van der Waals surface area contributed by atoms with Gasteiger partial charge in [0.05, 0.1) is 0 Å². The van der Waals surface area contributed by atoms with Gasteiger partial charge in [0.15, 0.2) is 4.88 Å². The van der Waals surface area contributed by atoms with Crippen LogP contribution in [0.25, 0.3) is 0 Å². The SMILES string of the molecule is O=C(O)c1snnc1COc1ccc(Br)cc1. The third-order valence-corrected chi connectivity index (χ3v) is 3.22. The Hall–Kier alpha value is -1.47. The second-order valence-electron chi connectivity index (χ2n) is 3.10. The van der Waals surface area contributed by atoms with Gasteiger partial charge in [-0.25, -0.2) is 4.79 Å². The molecular weight excluding hydrogens is 308 g/mol. The fraction of sp³-hybridized carbons (Fsp3) is 0.100. The van der Waals surface area contributed by atoms with E-state index in [1.165, 1.54) is 0 Å². The number of hydrogen-bond donors (Lipinski definition) is 1. The summed E-state index contributed by atoms with van der Waals surface area (Å²) < 4.78 is 9.96. The van der Waals surface area contributed by atoms with Gasteiger partial charge in [-0.1, -0.05) is 20.4 Å². The molecule has 7 heteroatoms. The number of benzene rings is 1. The first-order valence-electron chi connectivity index (χ1n) is 4.59. The van der Waals surface area contributed by atoms with Crippen LogP contribution in [0.1, 0.15) is 15.4 Å². The molecule has 5 nitrogen and oxygen atoms in total. The molecule has 1 aromatic carbocycles. The maximum Gasteiger partial charge on any atom is 0.349 e. The van der Waals surface area contributed by atoms with Crippen molar-refractivity contribution in [2.24, 2.45) is 0 Å². The summed E-state index contributed by atoms with van der Waals surface area (Å²) in [5, 5.41) is 12.6. The Kier molecular flexibility index (Phi) is 3.70. The van der Waals surface area contributed by atoms with Gasteiger partial charge >= 0.3 is 5.97 Å². The van der Waals surface area contributed by atoms with Crippen molar-refractivity contribution < 1.29 is 14.6 Å². The standard InChI is InChI=1S/C10H7BrN2O3S/c11-6-1-3-7(4-2-6)16-5-8-9(10(14)15)17-13-12-8/h1-4H,5H2,(H,14,15). The monoisotopic (exact) mass is 314 g/mol. The van der Waals surface area contributed by atoms with E-state index in [4.69, 9.17) is 9.84 Å². The molecule has 2 rings (SSSR count). The summed E-state index contributed by atoms with van der Waals surface area (Å²) in [4.78, 5) is 10.9. The number of carboxylic acids is 1. The molecule has 0 amide bonds. The summed E-state index contributed by atoms with van der Waals surface area (Å²) in [7, 11) is 0. The van der Waals surface area contributed by atoms with E-state index >= 15 is 0 Å². The van der Waals surface area contributed by atoms with Gasteiger partial charge in [-0.2, -0.15) is 0 Å². The molecule has 1 aromatic heterocycles. The summed E-state index contributed by atoms with van der Waals surface area (Å²) in [6.45, 7) is 0.0970. The van der Waals surface area contributed by atoms with E-state index in [1.54, 1.807) is 12.1 Å². The first kappa shape index (κ1) is 12.0. The molecule has 1 heterocycles. The molecule has 17 heavy (non-hydrogen) atoms. The third kappa shape index (κ3) is 3.01. The zero-order chi connectivity index (χ0) is 12.3. The zero-order valence-electron chi connectivity index (χ0n) is 8.46. The average molecular weight is 315 g/mol. The van der Waals surface area contributed by atoms with Crippen molar-refractivity contribution in [1.82, 2.24) is 9.59 Å². The smallest absolute Gasteiger partial charge is 0.349 e. The molecule has 0 fully saturated rings. The molecule has 0 saturated carbocycles. The summed E-state index contributed by atoms with van der Waals surface area (Å²) in [5.41, 5.74) is 0.338. The van der Waals surface area contributed by atoms with Gasteiger partial charge in [0, 0.05) is 4.47 Å². The molecule has 1 N–H and O–H groups in total. The van der Waals surface area contributed by atoms with E-state index in [9.17, 15) is 4.79 Å². The van der Waals surface area contributed by atoms with Crippen molar-refractivity contribution in [2.75, 3.05) is 0 Å². The highest BCUT2D eigenvalue weighted by Crippen LogP contribution is 2.18. The highest BCUT2D eigenvalue weighted by Gasteiger charge is 2.15. The van der Waals surface area contributed by atoms with Crippen molar-refractivity contribution in [1.29, 1.82) is 0 Å². The van der Waals surface area contributed by atoms with E-state index in [-0.39, 0.29) is 11.5 Å². The fourth-order valence-corrected chi connectivity index (χ4v) is 1.92. The number of carbonyl (C=O) groups is 1. The first-order valence-corrected chi connectivity index (χ1v) is 6.16. The van der Waals surface area contributed by atoms with E-state index < -0.39 is 5.97 Å². The van der Waals surface area contributed by atoms with E-state index in [0.29, 0.717) is 11.4 Å². The Morgan fingerprint density at radius 1 is 1.41 bits per heavy atom. The van der Waals surface area contributed by atoms with Crippen LogP contribution in [0.15, 0.2) is 28.7 Å². The van der Waals surface area contributed by atoms with Crippen LogP contribution >= 0.6 is 27.5 Å². The van der Waals surface area contributed by atoms with Crippen LogP contribution in [0.3, 0.4) is 0 Å². The molecule has 0 aliphatic heterocycles. The second-order valence-corrected chi connectivity index (χ2v) is 4.77. The van der Waals surface area contributed by atoms with E-state index in [2.05, 4.69) is 25.5 Å². The fourth-order valence-electron chi connectivity index (χ4n) is 1.15. The number of rotatable bonds is 4. The highest BCUT2D eigenvalue weighted by atomic mass is 79.9. The largest absolute Gasteiger partial charge is 0.487 e. The highest BCUT2D eigenvalue weighted by molar-refractivity contribution is 9.10. The van der Waals surface area contributed by atoms with Crippen LogP contribution in [-0.4, -0.2) is 20.7 Å². The molecule has 0 aliphatic rings. The van der Waals surface area contributed by atoms with Crippen molar-refractivity contribution in [3.63, 3.8) is 0 Å². The number of carboxylic acid groups (broad SMARTS) is 1. The predicted octanol–water partition coefficient (Wildman–Crippen LogP) is 2.58. The lowest BCUT2D eigenvalue weighted by Gasteiger charge is -2.04. The Morgan fingerprint density at radius 3 is 2.76 bits per heavy atom. The van der Waals surface area contributed by atoms with E-state index in [0.717, 1.165) is 16.0 Å². The van der Waals surface area contributed by atoms with Crippen molar-refractivity contribution in [2.45, 2.75) is 6.61 Å². The molecule has 0 bridgehead atoms. The normalized spacial score (nSPS) is 10.2. The van der Waals surface area contributed by atoms with Gasteiger partial charge in [0.25, 0.3) is 0 Å². The molecule has 0 aliphatic carbocycles. The van der Waals surface area contributed by atoms with Crippen molar-refractivity contribution in [3.05, 3.63) is 39.3 Å².